The first-order valence-corrected chi connectivity index (χ1v) is 9.23. The number of aryl methyl sites for hydroxylation is 1. The number of carbonyl (C=O) groups is 1. The summed E-state index contributed by atoms with van der Waals surface area (Å²) in [5.41, 5.74) is 3.49. The number of hydrogen-bond donors (Lipinski definition) is 1. The van der Waals surface area contributed by atoms with E-state index >= 15 is 0 Å². The lowest BCUT2D eigenvalue weighted by atomic mass is 9.96. The first-order valence-electron chi connectivity index (χ1n) is 8.41. The zero-order valence-corrected chi connectivity index (χ0v) is 14.8. The molecule has 1 N–H and O–H groups in total. The van der Waals surface area contributed by atoms with E-state index in [2.05, 4.69) is 26.9 Å². The van der Waals surface area contributed by atoms with Gasteiger partial charge in [-0.2, -0.15) is 5.26 Å². The first-order chi connectivity index (χ1) is 12.7. The molecule has 0 bridgehead atoms. The van der Waals surface area contributed by atoms with Crippen molar-refractivity contribution in [2.24, 2.45) is 0 Å². The van der Waals surface area contributed by atoms with Crippen LogP contribution in [-0.2, 0) is 24.1 Å². The summed E-state index contributed by atoms with van der Waals surface area (Å²) in [6.45, 7) is 0. The van der Waals surface area contributed by atoms with E-state index in [1.165, 1.54) is 11.2 Å². The number of anilines is 1. The van der Waals surface area contributed by atoms with Gasteiger partial charge in [-0.3, -0.25) is 4.79 Å². The van der Waals surface area contributed by atoms with Crippen molar-refractivity contribution < 1.29 is 4.79 Å². The third kappa shape index (κ3) is 3.21. The average Bonchev–Trinajstić information content (AvgIpc) is 3.29. The van der Waals surface area contributed by atoms with E-state index in [-0.39, 0.29) is 12.3 Å². The van der Waals surface area contributed by atoms with Crippen molar-refractivity contribution in [1.82, 2.24) is 20.2 Å². The Bertz CT molecular complexity index is 969. The molecule has 1 aliphatic rings. The molecule has 4 rings (SSSR count). The van der Waals surface area contributed by atoms with Crippen LogP contribution in [0, 0.1) is 11.3 Å². The van der Waals surface area contributed by atoms with Gasteiger partial charge in [0, 0.05) is 4.88 Å². The number of nitrogens with zero attached hydrogens (tertiary/aromatic N) is 5. The molecule has 0 saturated carbocycles. The summed E-state index contributed by atoms with van der Waals surface area (Å²) >= 11 is 1.55. The van der Waals surface area contributed by atoms with Gasteiger partial charge in [0.15, 0.2) is 0 Å². The van der Waals surface area contributed by atoms with Crippen molar-refractivity contribution in [3.8, 4) is 11.8 Å². The predicted molar refractivity (Wildman–Crippen MR) is 97.2 cm³/mol. The molecule has 3 aromatic rings. The van der Waals surface area contributed by atoms with E-state index < -0.39 is 0 Å². The van der Waals surface area contributed by atoms with Gasteiger partial charge in [-0.25, -0.2) is 4.68 Å². The van der Waals surface area contributed by atoms with Crippen LogP contribution < -0.4 is 5.32 Å². The summed E-state index contributed by atoms with van der Waals surface area (Å²) in [6, 6.07) is 9.75. The molecule has 7 nitrogen and oxygen atoms in total. The van der Waals surface area contributed by atoms with Crippen molar-refractivity contribution in [3.63, 3.8) is 0 Å². The molecule has 0 atom stereocenters. The lowest BCUT2D eigenvalue weighted by Gasteiger charge is -2.09. The van der Waals surface area contributed by atoms with Gasteiger partial charge >= 0.3 is 0 Å². The molecule has 0 unspecified atom stereocenters. The zero-order chi connectivity index (χ0) is 17.9. The molecule has 0 aliphatic heterocycles. The van der Waals surface area contributed by atoms with Crippen molar-refractivity contribution in [2.75, 3.05) is 5.32 Å². The Labute approximate surface area is 154 Å². The molecule has 0 radical (unpaired) electrons. The smallest absolute Gasteiger partial charge is 0.229 e. The Morgan fingerprint density at radius 1 is 1.27 bits per heavy atom. The minimum atomic E-state index is -0.115. The molecule has 2 heterocycles. The van der Waals surface area contributed by atoms with Crippen LogP contribution in [0.15, 0.2) is 30.6 Å². The van der Waals surface area contributed by atoms with Gasteiger partial charge in [-0.1, -0.05) is 12.1 Å². The molecule has 0 spiro atoms. The van der Waals surface area contributed by atoms with E-state index in [9.17, 15) is 10.1 Å². The van der Waals surface area contributed by atoms with Gasteiger partial charge < -0.3 is 5.32 Å². The van der Waals surface area contributed by atoms with Crippen LogP contribution in [0.4, 0.5) is 5.00 Å². The first kappa shape index (κ1) is 16.4. The molecular weight excluding hydrogens is 348 g/mol. The van der Waals surface area contributed by atoms with Gasteiger partial charge in [0.2, 0.25) is 5.91 Å². The van der Waals surface area contributed by atoms with Crippen LogP contribution in [0.2, 0.25) is 0 Å². The van der Waals surface area contributed by atoms with Gasteiger partial charge in [-0.15, -0.1) is 16.4 Å². The number of tetrazole rings is 1. The van der Waals surface area contributed by atoms with Crippen molar-refractivity contribution in [2.45, 2.75) is 32.1 Å². The van der Waals surface area contributed by atoms with Gasteiger partial charge in [0.25, 0.3) is 0 Å². The zero-order valence-electron chi connectivity index (χ0n) is 14.0. The SMILES string of the molecule is N#Cc1c(NC(=O)Cc2ccc(-n3cnnn3)cc2)sc2c1CCCC2. The van der Waals surface area contributed by atoms with Crippen molar-refractivity contribution in [3.05, 3.63) is 52.2 Å². The van der Waals surface area contributed by atoms with E-state index in [1.807, 2.05) is 24.3 Å². The molecular formula is C18H16N6OS. The molecule has 0 fully saturated rings. The molecule has 2 aromatic heterocycles. The summed E-state index contributed by atoms with van der Waals surface area (Å²) in [4.78, 5) is 13.7. The summed E-state index contributed by atoms with van der Waals surface area (Å²) in [7, 11) is 0. The monoisotopic (exact) mass is 364 g/mol. The van der Waals surface area contributed by atoms with Crippen LogP contribution >= 0.6 is 11.3 Å². The predicted octanol–water partition coefficient (Wildman–Crippen LogP) is 2.66. The maximum absolute atomic E-state index is 12.4. The number of nitriles is 1. The van der Waals surface area contributed by atoms with Gasteiger partial charge in [0.1, 0.15) is 17.4 Å². The highest BCUT2D eigenvalue weighted by Gasteiger charge is 2.21. The number of benzene rings is 1. The fourth-order valence-electron chi connectivity index (χ4n) is 3.17. The summed E-state index contributed by atoms with van der Waals surface area (Å²) in [5.74, 6) is -0.115. The maximum atomic E-state index is 12.4. The summed E-state index contributed by atoms with van der Waals surface area (Å²) < 4.78 is 1.55. The second kappa shape index (κ2) is 7.06. The Morgan fingerprint density at radius 2 is 2.08 bits per heavy atom. The lowest BCUT2D eigenvalue weighted by molar-refractivity contribution is -0.115. The van der Waals surface area contributed by atoms with Crippen molar-refractivity contribution in [1.29, 1.82) is 5.26 Å². The Balaban J connectivity index is 1.46. The van der Waals surface area contributed by atoms with Crippen LogP contribution in [0.3, 0.4) is 0 Å². The Hall–Kier alpha value is -3.05. The molecule has 8 heteroatoms. The number of rotatable bonds is 4. The molecule has 0 saturated heterocycles. The van der Waals surface area contributed by atoms with E-state index in [4.69, 9.17) is 0 Å². The molecule has 1 aromatic carbocycles. The second-order valence-corrected chi connectivity index (χ2v) is 7.28. The van der Waals surface area contributed by atoms with E-state index in [1.54, 1.807) is 16.0 Å². The molecule has 1 amide bonds. The van der Waals surface area contributed by atoms with Gasteiger partial charge in [0.05, 0.1) is 17.7 Å². The van der Waals surface area contributed by atoms with Crippen LogP contribution in [-0.4, -0.2) is 26.1 Å². The quantitative estimate of drug-likeness (QED) is 0.768. The number of thiophene rings is 1. The third-order valence-corrected chi connectivity index (χ3v) is 5.66. The van der Waals surface area contributed by atoms with Crippen LogP contribution in [0.1, 0.15) is 34.4 Å². The number of nitrogens with one attached hydrogen (secondary N) is 1. The topological polar surface area (TPSA) is 96.5 Å². The lowest BCUT2D eigenvalue weighted by Crippen LogP contribution is -2.14. The summed E-state index contributed by atoms with van der Waals surface area (Å²) in [6.07, 6.45) is 5.97. The normalized spacial score (nSPS) is 13.0. The third-order valence-electron chi connectivity index (χ3n) is 4.45. The minimum Gasteiger partial charge on any atom is -0.316 e. The Morgan fingerprint density at radius 3 is 2.81 bits per heavy atom. The van der Waals surface area contributed by atoms with E-state index in [0.29, 0.717) is 10.6 Å². The fraction of sp³-hybridized carbons (Fsp3) is 0.278. The fourth-order valence-corrected chi connectivity index (χ4v) is 4.43. The van der Waals surface area contributed by atoms with Crippen LogP contribution in [0.5, 0.6) is 0 Å². The highest BCUT2D eigenvalue weighted by atomic mass is 32.1. The standard InChI is InChI=1S/C18H16N6OS/c19-10-15-14-3-1-2-4-16(14)26-18(15)21-17(25)9-12-5-7-13(8-6-12)24-11-20-22-23-24/h5-8,11H,1-4,9H2,(H,21,25). The number of aromatic nitrogens is 4. The Kier molecular flexibility index (Phi) is 4.46. The number of carbonyl (C=O) groups excluding carboxylic acids is 1. The number of amides is 1. The largest absolute Gasteiger partial charge is 0.316 e. The van der Waals surface area contributed by atoms with E-state index in [0.717, 1.165) is 42.5 Å². The minimum absolute atomic E-state index is 0.115. The molecule has 26 heavy (non-hydrogen) atoms. The second-order valence-electron chi connectivity index (χ2n) is 6.17. The average molecular weight is 364 g/mol. The van der Waals surface area contributed by atoms with Crippen molar-refractivity contribution >= 4 is 22.2 Å². The van der Waals surface area contributed by atoms with Gasteiger partial charge in [-0.05, 0) is 59.4 Å². The highest BCUT2D eigenvalue weighted by molar-refractivity contribution is 7.16. The van der Waals surface area contributed by atoms with Crippen LogP contribution in [0.25, 0.3) is 5.69 Å². The number of hydrogen-bond acceptors (Lipinski definition) is 6. The molecule has 130 valence electrons. The maximum Gasteiger partial charge on any atom is 0.229 e. The summed E-state index contributed by atoms with van der Waals surface area (Å²) in [5, 5.41) is 24.1. The number of fused-ring (bicyclic) bond motifs is 1. The highest BCUT2D eigenvalue weighted by Crippen LogP contribution is 2.37. The molecule has 1 aliphatic carbocycles.